The molecule has 0 aliphatic carbocycles. The number of nitrogens with one attached hydrogen (secondary N) is 1. The topological polar surface area (TPSA) is 84.3 Å². The summed E-state index contributed by atoms with van der Waals surface area (Å²) in [6, 6.07) is 1.27. The average Bonchev–Trinajstić information content (AvgIpc) is 2.66. The van der Waals surface area contributed by atoms with Crippen molar-refractivity contribution in [1.29, 1.82) is 0 Å². The molecule has 2 heterocycles. The van der Waals surface area contributed by atoms with Crippen molar-refractivity contribution < 1.29 is 9.84 Å². The molecule has 0 spiro atoms. The molecule has 6 nitrogen and oxygen atoms in total. The second-order valence-corrected chi connectivity index (χ2v) is 4.25. The first-order chi connectivity index (χ1) is 7.20. The first-order valence-electron chi connectivity index (χ1n) is 4.40. The van der Waals surface area contributed by atoms with E-state index in [0.29, 0.717) is 5.75 Å². The number of aromatic amines is 1. The largest absolute Gasteiger partial charge is 0.393 e. The summed E-state index contributed by atoms with van der Waals surface area (Å²) in [5.41, 5.74) is -1.22. The van der Waals surface area contributed by atoms with Crippen LogP contribution in [-0.4, -0.2) is 32.5 Å². The molecular weight excluding hydrogens is 220 g/mol. The van der Waals surface area contributed by atoms with Gasteiger partial charge in [-0.2, -0.15) is 0 Å². The van der Waals surface area contributed by atoms with Gasteiger partial charge in [-0.1, -0.05) is 0 Å². The Hall–Kier alpha value is -1.05. The van der Waals surface area contributed by atoms with Gasteiger partial charge in [-0.25, -0.2) is 4.79 Å². The predicted octanol–water partition coefficient (Wildman–Crippen LogP) is -0.883. The summed E-state index contributed by atoms with van der Waals surface area (Å²) in [7, 11) is 0. The molecule has 0 radical (unpaired) electrons. The molecular formula is C8H10N2O4S. The Labute approximate surface area is 88.9 Å². The highest BCUT2D eigenvalue weighted by atomic mass is 32.2. The number of hydrogen-bond acceptors (Lipinski definition) is 5. The lowest BCUT2D eigenvalue weighted by Crippen LogP contribution is -2.32. The summed E-state index contributed by atoms with van der Waals surface area (Å²) >= 11 is 1.43. The third kappa shape index (κ3) is 2.14. The van der Waals surface area contributed by atoms with E-state index in [-0.39, 0.29) is 12.0 Å². The number of thioether (sulfide) groups is 1. The summed E-state index contributed by atoms with van der Waals surface area (Å²) in [5, 5.41) is 8.85. The third-order valence-corrected chi connectivity index (χ3v) is 3.15. The van der Waals surface area contributed by atoms with E-state index in [0.717, 1.165) is 0 Å². The first kappa shape index (κ1) is 10.5. The molecule has 1 aliphatic rings. The lowest BCUT2D eigenvalue weighted by atomic mass is 10.5. The summed E-state index contributed by atoms with van der Waals surface area (Å²) < 4.78 is 6.68. The quantitative estimate of drug-likeness (QED) is 0.689. The molecule has 1 aliphatic heterocycles. The van der Waals surface area contributed by atoms with E-state index in [1.807, 2.05) is 0 Å². The van der Waals surface area contributed by atoms with Gasteiger partial charge in [-0.15, -0.1) is 11.8 Å². The smallest absolute Gasteiger partial charge is 0.330 e. The molecule has 1 unspecified atom stereocenters. The lowest BCUT2D eigenvalue weighted by molar-refractivity contribution is -0.00640. The minimum Gasteiger partial charge on any atom is -0.393 e. The Morgan fingerprint density at radius 2 is 2.47 bits per heavy atom. The van der Waals surface area contributed by atoms with E-state index >= 15 is 0 Å². The monoisotopic (exact) mass is 230 g/mol. The summed E-state index contributed by atoms with van der Waals surface area (Å²) in [6.45, 7) is -0.0841. The zero-order valence-corrected chi connectivity index (χ0v) is 8.57. The van der Waals surface area contributed by atoms with Crippen LogP contribution in [0.1, 0.15) is 6.23 Å². The molecule has 2 atom stereocenters. The predicted molar refractivity (Wildman–Crippen MR) is 54.8 cm³/mol. The molecule has 1 saturated heterocycles. The molecule has 7 heteroatoms. The number of aromatic nitrogens is 2. The van der Waals surface area contributed by atoms with Crippen molar-refractivity contribution in [2.45, 2.75) is 11.7 Å². The van der Waals surface area contributed by atoms with E-state index in [9.17, 15) is 9.59 Å². The Bertz CT molecular complexity index is 454. The highest BCUT2D eigenvalue weighted by Crippen LogP contribution is 2.29. The van der Waals surface area contributed by atoms with Gasteiger partial charge in [0.2, 0.25) is 0 Å². The number of aliphatic hydroxyl groups is 1. The van der Waals surface area contributed by atoms with Crippen LogP contribution in [0.2, 0.25) is 0 Å². The molecule has 1 aromatic rings. The number of rotatable bonds is 2. The van der Waals surface area contributed by atoms with Crippen LogP contribution in [0.5, 0.6) is 0 Å². The highest BCUT2D eigenvalue weighted by Gasteiger charge is 2.27. The van der Waals surface area contributed by atoms with Crippen LogP contribution < -0.4 is 11.2 Å². The van der Waals surface area contributed by atoms with Crippen molar-refractivity contribution >= 4 is 11.8 Å². The van der Waals surface area contributed by atoms with Crippen LogP contribution in [0.3, 0.4) is 0 Å². The van der Waals surface area contributed by atoms with E-state index in [1.54, 1.807) is 0 Å². The molecule has 0 bridgehead atoms. The number of hydrogen-bond donors (Lipinski definition) is 2. The fourth-order valence-corrected chi connectivity index (χ4v) is 2.27. The van der Waals surface area contributed by atoms with Crippen molar-refractivity contribution in [3.05, 3.63) is 33.1 Å². The van der Waals surface area contributed by atoms with Crippen LogP contribution >= 0.6 is 11.8 Å². The molecule has 1 fully saturated rings. The van der Waals surface area contributed by atoms with Gasteiger partial charge < -0.3 is 9.84 Å². The maximum absolute atomic E-state index is 11.4. The lowest BCUT2D eigenvalue weighted by Gasteiger charge is -2.12. The van der Waals surface area contributed by atoms with Gasteiger partial charge in [0.15, 0.2) is 0 Å². The summed E-state index contributed by atoms with van der Waals surface area (Å²) in [4.78, 5) is 24.3. The molecule has 0 amide bonds. The zero-order valence-electron chi connectivity index (χ0n) is 7.75. The van der Waals surface area contributed by atoms with E-state index in [4.69, 9.17) is 9.84 Å². The van der Waals surface area contributed by atoms with Gasteiger partial charge in [0.05, 0.1) is 6.61 Å². The van der Waals surface area contributed by atoms with Gasteiger partial charge in [-0.05, 0) is 0 Å². The zero-order chi connectivity index (χ0) is 10.8. The van der Waals surface area contributed by atoms with Crippen LogP contribution in [-0.2, 0) is 4.74 Å². The summed E-state index contributed by atoms with van der Waals surface area (Å²) in [5.74, 6) is 0.581. The highest BCUT2D eigenvalue weighted by molar-refractivity contribution is 8.00. The van der Waals surface area contributed by atoms with Crippen LogP contribution in [0.25, 0.3) is 0 Å². The van der Waals surface area contributed by atoms with Crippen LogP contribution in [0.15, 0.2) is 21.9 Å². The number of nitrogens with zero attached hydrogens (tertiary/aromatic N) is 1. The van der Waals surface area contributed by atoms with Crippen molar-refractivity contribution in [1.82, 2.24) is 9.55 Å². The number of ether oxygens (including phenoxy) is 1. The fraction of sp³-hybridized carbons (Fsp3) is 0.500. The third-order valence-electron chi connectivity index (χ3n) is 2.04. The maximum Gasteiger partial charge on any atom is 0.330 e. The molecule has 82 valence electrons. The van der Waals surface area contributed by atoms with Gasteiger partial charge in [-0.3, -0.25) is 14.3 Å². The Morgan fingerprint density at radius 3 is 3.07 bits per heavy atom. The van der Waals surface area contributed by atoms with E-state index in [1.165, 1.54) is 28.6 Å². The molecule has 15 heavy (non-hydrogen) atoms. The Balaban J connectivity index is 2.24. The molecule has 1 aromatic heterocycles. The SMILES string of the molecule is O=c1ccn(C2CS[C@@H](CO)O2)c(=O)[nH]1. The van der Waals surface area contributed by atoms with Gasteiger partial charge >= 0.3 is 5.69 Å². The second-order valence-electron chi connectivity index (χ2n) is 3.05. The van der Waals surface area contributed by atoms with Gasteiger partial charge in [0, 0.05) is 18.0 Å². The van der Waals surface area contributed by atoms with Crippen molar-refractivity contribution in [2.24, 2.45) is 0 Å². The Morgan fingerprint density at radius 1 is 1.67 bits per heavy atom. The van der Waals surface area contributed by atoms with Crippen molar-refractivity contribution in [2.75, 3.05) is 12.4 Å². The van der Waals surface area contributed by atoms with E-state index < -0.39 is 17.5 Å². The van der Waals surface area contributed by atoms with E-state index in [2.05, 4.69) is 4.98 Å². The molecule has 2 rings (SSSR count). The molecule has 2 N–H and O–H groups in total. The van der Waals surface area contributed by atoms with Gasteiger partial charge in [0.1, 0.15) is 11.7 Å². The standard InChI is InChI=1S/C8H10N2O4S/c11-3-7-14-6(4-15-7)10-2-1-5(12)9-8(10)13/h1-2,6-7,11H,3-4H2,(H,9,12,13)/t6?,7-/m0/s1. The molecule has 0 aromatic carbocycles. The second kappa shape index (κ2) is 4.21. The minimum atomic E-state index is -0.494. The van der Waals surface area contributed by atoms with Crippen molar-refractivity contribution in [3.8, 4) is 0 Å². The minimum absolute atomic E-state index is 0.0841. The molecule has 0 saturated carbocycles. The average molecular weight is 230 g/mol. The van der Waals surface area contributed by atoms with Crippen LogP contribution in [0.4, 0.5) is 0 Å². The fourth-order valence-electron chi connectivity index (χ4n) is 1.34. The number of aliphatic hydroxyl groups excluding tert-OH is 1. The normalized spacial score (nSPS) is 25.7. The maximum atomic E-state index is 11.4. The van der Waals surface area contributed by atoms with Crippen molar-refractivity contribution in [3.63, 3.8) is 0 Å². The first-order valence-corrected chi connectivity index (χ1v) is 5.45. The van der Waals surface area contributed by atoms with Crippen LogP contribution in [0, 0.1) is 0 Å². The van der Waals surface area contributed by atoms with Gasteiger partial charge in [0.25, 0.3) is 5.56 Å². The summed E-state index contributed by atoms with van der Waals surface area (Å²) in [6.07, 6.45) is 0.975. The number of H-pyrrole nitrogens is 1. The Kier molecular flexibility index (Phi) is 2.94.